The second-order valence-corrected chi connectivity index (χ2v) is 11.5. The number of hydrogen-bond acceptors (Lipinski definition) is 8. The maximum Gasteiger partial charge on any atom is 0.249 e. The van der Waals surface area contributed by atoms with Crippen LogP contribution in [0.25, 0.3) is 11.0 Å². The Bertz CT molecular complexity index is 1720. The van der Waals surface area contributed by atoms with Gasteiger partial charge in [0.05, 0.1) is 43.0 Å². The number of ether oxygens (including phenoxy) is 4. The molecule has 6 rings (SSSR count). The number of nitrogens with zero attached hydrogens (tertiary/aromatic N) is 2. The van der Waals surface area contributed by atoms with Crippen molar-refractivity contribution in [3.63, 3.8) is 0 Å². The van der Waals surface area contributed by atoms with Crippen LogP contribution in [0, 0.1) is 0 Å². The highest BCUT2D eigenvalue weighted by Gasteiger charge is 2.27. The highest BCUT2D eigenvalue weighted by atomic mass is 35.5. The van der Waals surface area contributed by atoms with Crippen LogP contribution in [0.5, 0.6) is 11.5 Å². The smallest absolute Gasteiger partial charge is 0.249 e. The van der Waals surface area contributed by atoms with Crippen molar-refractivity contribution in [1.29, 1.82) is 0 Å². The average molecular weight is 633 g/mol. The van der Waals surface area contributed by atoms with Crippen LogP contribution in [0.3, 0.4) is 0 Å². The number of hydrogen-bond donors (Lipinski definition) is 0. The van der Waals surface area contributed by atoms with Gasteiger partial charge in [0.25, 0.3) is 0 Å². The van der Waals surface area contributed by atoms with Crippen LogP contribution in [0.4, 0.5) is 0 Å². The third kappa shape index (κ3) is 7.65. The topological polar surface area (TPSA) is 108 Å². The highest BCUT2D eigenvalue weighted by molar-refractivity contribution is 6.31. The summed E-state index contributed by atoms with van der Waals surface area (Å²) in [5, 5.41) is 0.722. The number of benzene rings is 3. The van der Waals surface area contributed by atoms with Crippen molar-refractivity contribution in [1.82, 2.24) is 9.80 Å². The standard InChI is InChI=1S/C34H33ClN2O8/c35-26-9-11-29-28(14-26)34(40)25(20-43-29)16-36(15-24-8-10-30-31(13-24)45-22-44-30)32(38)18-37(17-27-7-4-12-42-27)33(39)21-41-19-23-5-2-1-3-6-23/h1-3,5-6,8-11,13-14,20,27H,4,7,12,15-19,21-22H2. The monoisotopic (exact) mass is 632 g/mol. The summed E-state index contributed by atoms with van der Waals surface area (Å²) in [6, 6.07) is 19.8. The Balaban J connectivity index is 1.23. The summed E-state index contributed by atoms with van der Waals surface area (Å²) in [5.74, 6) is 0.517. The molecule has 1 atom stereocenters. The fraction of sp³-hybridized carbons (Fsp3) is 0.324. The normalized spacial score (nSPS) is 15.4. The molecule has 1 fully saturated rings. The lowest BCUT2D eigenvalue weighted by atomic mass is 10.1. The van der Waals surface area contributed by atoms with Gasteiger partial charge in [-0.1, -0.05) is 48.0 Å². The predicted octanol–water partition coefficient (Wildman–Crippen LogP) is 4.93. The van der Waals surface area contributed by atoms with E-state index >= 15 is 0 Å². The van der Waals surface area contributed by atoms with Crippen LogP contribution in [0.2, 0.25) is 5.02 Å². The number of rotatable bonds is 12. The summed E-state index contributed by atoms with van der Waals surface area (Å²) >= 11 is 6.16. The van der Waals surface area contributed by atoms with Gasteiger partial charge in [-0.2, -0.15) is 0 Å². The maximum absolute atomic E-state index is 14.0. The zero-order valence-electron chi connectivity index (χ0n) is 24.6. The molecule has 1 unspecified atom stereocenters. The van der Waals surface area contributed by atoms with E-state index in [1.807, 2.05) is 36.4 Å². The molecule has 0 aliphatic carbocycles. The van der Waals surface area contributed by atoms with E-state index in [9.17, 15) is 14.4 Å². The fourth-order valence-corrected chi connectivity index (χ4v) is 5.60. The second kappa shape index (κ2) is 14.2. The summed E-state index contributed by atoms with van der Waals surface area (Å²) in [5.41, 5.74) is 2.10. The van der Waals surface area contributed by atoms with Crippen LogP contribution >= 0.6 is 11.6 Å². The summed E-state index contributed by atoms with van der Waals surface area (Å²) < 4.78 is 28.2. The highest BCUT2D eigenvalue weighted by Crippen LogP contribution is 2.33. The molecular weight excluding hydrogens is 600 g/mol. The molecule has 1 aromatic heterocycles. The lowest BCUT2D eigenvalue weighted by molar-refractivity contribution is -0.145. The molecule has 0 N–H and O–H groups in total. The van der Waals surface area contributed by atoms with Gasteiger partial charge in [0.15, 0.2) is 16.9 Å². The quantitative estimate of drug-likeness (QED) is 0.216. The molecule has 0 radical (unpaired) electrons. The number of carbonyl (C=O) groups is 2. The Morgan fingerprint density at radius 1 is 0.911 bits per heavy atom. The molecular formula is C34H33ClN2O8. The molecule has 0 saturated carbocycles. The minimum absolute atomic E-state index is 0.0511. The number of amides is 2. The largest absolute Gasteiger partial charge is 0.464 e. The second-order valence-electron chi connectivity index (χ2n) is 11.1. The summed E-state index contributed by atoms with van der Waals surface area (Å²) in [6.45, 7) is 0.951. The maximum atomic E-state index is 14.0. The minimum atomic E-state index is -0.354. The Hall–Kier alpha value is -4.38. The van der Waals surface area contributed by atoms with Crippen molar-refractivity contribution in [2.24, 2.45) is 0 Å². The molecule has 10 nitrogen and oxygen atoms in total. The Morgan fingerprint density at radius 2 is 1.76 bits per heavy atom. The molecule has 3 heterocycles. The Morgan fingerprint density at radius 3 is 2.58 bits per heavy atom. The van der Waals surface area contributed by atoms with E-state index in [-0.39, 0.29) is 75.1 Å². The van der Waals surface area contributed by atoms with Gasteiger partial charge < -0.3 is 33.2 Å². The van der Waals surface area contributed by atoms with Gasteiger partial charge in [0, 0.05) is 24.7 Å². The molecule has 45 heavy (non-hydrogen) atoms. The average Bonchev–Trinajstić information content (AvgIpc) is 3.74. The van der Waals surface area contributed by atoms with E-state index in [0.717, 1.165) is 24.0 Å². The minimum Gasteiger partial charge on any atom is -0.464 e. The number of carbonyl (C=O) groups excluding carboxylic acids is 2. The summed E-state index contributed by atoms with van der Waals surface area (Å²) in [7, 11) is 0. The zero-order chi connectivity index (χ0) is 31.2. The molecule has 1 saturated heterocycles. The van der Waals surface area contributed by atoms with Crippen molar-refractivity contribution in [3.05, 3.63) is 105 Å². The first-order chi connectivity index (χ1) is 21.9. The van der Waals surface area contributed by atoms with Gasteiger partial charge in [-0.15, -0.1) is 0 Å². The molecule has 2 aliphatic heterocycles. The lowest BCUT2D eigenvalue weighted by Gasteiger charge is -2.29. The van der Waals surface area contributed by atoms with Gasteiger partial charge in [0.2, 0.25) is 18.6 Å². The number of halogens is 1. The number of fused-ring (bicyclic) bond motifs is 2. The van der Waals surface area contributed by atoms with E-state index in [1.165, 1.54) is 16.1 Å². The molecule has 11 heteroatoms. The van der Waals surface area contributed by atoms with Crippen LogP contribution < -0.4 is 14.9 Å². The van der Waals surface area contributed by atoms with Crippen molar-refractivity contribution >= 4 is 34.4 Å². The molecule has 0 spiro atoms. The van der Waals surface area contributed by atoms with Crippen LogP contribution in [-0.2, 0) is 38.8 Å². The van der Waals surface area contributed by atoms with Gasteiger partial charge in [-0.05, 0) is 54.3 Å². The van der Waals surface area contributed by atoms with Gasteiger partial charge >= 0.3 is 0 Å². The van der Waals surface area contributed by atoms with E-state index in [1.54, 1.807) is 30.3 Å². The van der Waals surface area contributed by atoms with E-state index in [4.69, 9.17) is 35.0 Å². The lowest BCUT2D eigenvalue weighted by Crippen LogP contribution is -2.46. The van der Waals surface area contributed by atoms with Gasteiger partial charge in [0.1, 0.15) is 12.2 Å². The molecule has 2 amide bonds. The van der Waals surface area contributed by atoms with Crippen molar-refractivity contribution in [3.8, 4) is 11.5 Å². The first kappa shape index (κ1) is 30.6. The predicted molar refractivity (Wildman–Crippen MR) is 166 cm³/mol. The van der Waals surface area contributed by atoms with Crippen LogP contribution in [0.15, 0.2) is 82.2 Å². The van der Waals surface area contributed by atoms with E-state index in [2.05, 4.69) is 0 Å². The first-order valence-electron chi connectivity index (χ1n) is 14.8. The van der Waals surface area contributed by atoms with Crippen LogP contribution in [-0.4, -0.2) is 60.8 Å². The van der Waals surface area contributed by atoms with Crippen molar-refractivity contribution in [2.75, 3.05) is 33.1 Å². The SMILES string of the molecule is O=C(CN(CC1CCCO1)C(=O)COCc1ccccc1)N(Cc1ccc2c(c1)OCO2)Cc1coc2ccc(Cl)cc2c1=O. The molecule has 0 bridgehead atoms. The summed E-state index contributed by atoms with van der Waals surface area (Å²) in [6.07, 6.45) is 2.88. The molecule has 3 aromatic carbocycles. The Kier molecular flexibility index (Phi) is 9.63. The molecule has 2 aliphatic rings. The van der Waals surface area contributed by atoms with Crippen molar-refractivity contribution in [2.45, 2.75) is 38.6 Å². The van der Waals surface area contributed by atoms with Gasteiger partial charge in [-0.3, -0.25) is 14.4 Å². The third-order valence-corrected chi connectivity index (χ3v) is 8.03. The third-order valence-electron chi connectivity index (χ3n) is 7.79. The fourth-order valence-electron chi connectivity index (χ4n) is 5.42. The Labute approximate surface area is 265 Å². The zero-order valence-corrected chi connectivity index (χ0v) is 25.4. The van der Waals surface area contributed by atoms with Crippen LogP contribution in [0.1, 0.15) is 29.5 Å². The summed E-state index contributed by atoms with van der Waals surface area (Å²) in [4.78, 5) is 43.9. The van der Waals surface area contributed by atoms with E-state index in [0.29, 0.717) is 34.1 Å². The molecule has 4 aromatic rings. The first-order valence-corrected chi connectivity index (χ1v) is 15.2. The van der Waals surface area contributed by atoms with E-state index < -0.39 is 0 Å². The molecule has 234 valence electrons. The van der Waals surface area contributed by atoms with Crippen molar-refractivity contribution < 1.29 is 33.0 Å². The van der Waals surface area contributed by atoms with Gasteiger partial charge in [-0.25, -0.2) is 0 Å².